The molecule has 1 amide bonds. The summed E-state index contributed by atoms with van der Waals surface area (Å²) in [6.45, 7) is 3.27. The standard InChI is InChI=1S/C23H23Cl2N3O2/c1-23(22(26)29,15-2-4-16(24)5-3-15)28-12-9-17(10-13-28)30-18-6-7-21-19(14-18)20(25)8-11-27-21/h2-8,11,14,17H,9-10,12-13H2,1H3,(H2,26,29). The van der Waals surface area contributed by atoms with Gasteiger partial charge in [-0.1, -0.05) is 35.3 Å². The van der Waals surface area contributed by atoms with E-state index in [1.165, 1.54) is 0 Å². The first-order chi connectivity index (χ1) is 14.4. The van der Waals surface area contributed by atoms with E-state index in [4.69, 9.17) is 33.7 Å². The molecule has 2 N–H and O–H groups in total. The van der Waals surface area contributed by atoms with Crippen LogP contribution in [0.1, 0.15) is 25.3 Å². The highest BCUT2D eigenvalue weighted by atomic mass is 35.5. The molecule has 1 atom stereocenters. The maximum Gasteiger partial charge on any atom is 0.242 e. The van der Waals surface area contributed by atoms with Gasteiger partial charge in [-0.15, -0.1) is 0 Å². The average molecular weight is 444 g/mol. The van der Waals surface area contributed by atoms with E-state index < -0.39 is 5.54 Å². The third-order valence-corrected chi connectivity index (χ3v) is 6.50. The lowest BCUT2D eigenvalue weighted by Crippen LogP contribution is -2.56. The van der Waals surface area contributed by atoms with Gasteiger partial charge >= 0.3 is 0 Å². The molecule has 0 radical (unpaired) electrons. The number of benzene rings is 2. The van der Waals surface area contributed by atoms with Gasteiger partial charge in [0.15, 0.2) is 0 Å². The van der Waals surface area contributed by atoms with Crippen LogP contribution in [0.5, 0.6) is 5.75 Å². The van der Waals surface area contributed by atoms with Crippen molar-refractivity contribution in [3.8, 4) is 5.75 Å². The second kappa shape index (κ2) is 8.42. The van der Waals surface area contributed by atoms with Crippen LogP contribution in [-0.2, 0) is 10.3 Å². The summed E-state index contributed by atoms with van der Waals surface area (Å²) < 4.78 is 6.21. The van der Waals surface area contributed by atoms with Crippen molar-refractivity contribution in [3.63, 3.8) is 0 Å². The number of ether oxygens (including phenoxy) is 1. The van der Waals surface area contributed by atoms with Crippen LogP contribution in [0.3, 0.4) is 0 Å². The van der Waals surface area contributed by atoms with Crippen molar-refractivity contribution in [1.29, 1.82) is 0 Å². The summed E-state index contributed by atoms with van der Waals surface area (Å²) >= 11 is 12.3. The first-order valence-electron chi connectivity index (χ1n) is 9.90. The molecule has 1 aromatic heterocycles. The molecule has 1 fully saturated rings. The normalized spacial score (nSPS) is 17.6. The van der Waals surface area contributed by atoms with E-state index in [-0.39, 0.29) is 12.0 Å². The Morgan fingerprint density at radius 2 is 1.83 bits per heavy atom. The molecular formula is C23H23Cl2N3O2. The number of fused-ring (bicyclic) bond motifs is 1. The Balaban J connectivity index is 1.47. The Labute approximate surface area is 185 Å². The molecule has 0 saturated carbocycles. The lowest BCUT2D eigenvalue weighted by molar-refractivity contribution is -0.131. The van der Waals surface area contributed by atoms with E-state index in [1.807, 2.05) is 37.3 Å². The zero-order chi connectivity index (χ0) is 21.3. The smallest absolute Gasteiger partial charge is 0.242 e. The number of pyridine rings is 1. The van der Waals surface area contributed by atoms with Crippen molar-refractivity contribution < 1.29 is 9.53 Å². The number of amides is 1. The molecule has 2 aromatic carbocycles. The minimum absolute atomic E-state index is 0.0523. The number of halogens is 2. The molecule has 4 rings (SSSR count). The molecule has 1 aliphatic rings. The number of rotatable bonds is 5. The molecule has 156 valence electrons. The van der Waals surface area contributed by atoms with Gasteiger partial charge in [0, 0.05) is 29.7 Å². The van der Waals surface area contributed by atoms with Gasteiger partial charge in [-0.2, -0.15) is 0 Å². The summed E-state index contributed by atoms with van der Waals surface area (Å²) in [6.07, 6.45) is 3.32. The fourth-order valence-electron chi connectivity index (χ4n) is 4.03. The third-order valence-electron chi connectivity index (χ3n) is 5.92. The summed E-state index contributed by atoms with van der Waals surface area (Å²) in [5.41, 5.74) is 6.62. The van der Waals surface area contributed by atoms with Crippen LogP contribution >= 0.6 is 23.2 Å². The van der Waals surface area contributed by atoms with E-state index in [0.29, 0.717) is 23.1 Å². The van der Waals surface area contributed by atoms with Crippen molar-refractivity contribution in [2.75, 3.05) is 13.1 Å². The number of hydrogen-bond acceptors (Lipinski definition) is 4. The molecule has 1 aliphatic heterocycles. The van der Waals surface area contributed by atoms with Crippen LogP contribution in [0.2, 0.25) is 10.0 Å². The molecule has 7 heteroatoms. The largest absolute Gasteiger partial charge is 0.490 e. The van der Waals surface area contributed by atoms with E-state index in [1.54, 1.807) is 24.4 Å². The van der Waals surface area contributed by atoms with Gasteiger partial charge in [0.1, 0.15) is 17.4 Å². The molecule has 0 spiro atoms. The Morgan fingerprint density at radius 3 is 2.50 bits per heavy atom. The summed E-state index contributed by atoms with van der Waals surface area (Å²) in [5, 5.41) is 2.15. The topological polar surface area (TPSA) is 68.5 Å². The van der Waals surface area contributed by atoms with E-state index in [9.17, 15) is 4.79 Å². The van der Waals surface area contributed by atoms with Gasteiger partial charge in [-0.05, 0) is 61.7 Å². The molecule has 2 heterocycles. The van der Waals surface area contributed by atoms with Crippen LogP contribution in [0, 0.1) is 0 Å². The zero-order valence-electron chi connectivity index (χ0n) is 16.6. The maximum absolute atomic E-state index is 12.4. The molecule has 1 unspecified atom stereocenters. The zero-order valence-corrected chi connectivity index (χ0v) is 18.2. The molecule has 30 heavy (non-hydrogen) atoms. The van der Waals surface area contributed by atoms with Gasteiger partial charge in [-0.3, -0.25) is 14.7 Å². The van der Waals surface area contributed by atoms with E-state index >= 15 is 0 Å². The lowest BCUT2D eigenvalue weighted by Gasteiger charge is -2.43. The molecular weight excluding hydrogens is 421 g/mol. The molecule has 0 bridgehead atoms. The summed E-state index contributed by atoms with van der Waals surface area (Å²) in [6, 6.07) is 14.8. The second-order valence-corrected chi connectivity index (χ2v) is 8.56. The minimum atomic E-state index is -0.891. The number of carbonyl (C=O) groups is 1. The van der Waals surface area contributed by atoms with Crippen LogP contribution in [0.15, 0.2) is 54.7 Å². The number of hydrogen-bond donors (Lipinski definition) is 1. The number of piperidine rings is 1. The fourth-order valence-corrected chi connectivity index (χ4v) is 4.37. The highest BCUT2D eigenvalue weighted by Crippen LogP contribution is 2.33. The van der Waals surface area contributed by atoms with Crippen molar-refractivity contribution >= 4 is 40.0 Å². The van der Waals surface area contributed by atoms with Gasteiger partial charge < -0.3 is 10.5 Å². The predicted molar refractivity (Wildman–Crippen MR) is 120 cm³/mol. The number of nitrogens with two attached hydrogens (primary N) is 1. The predicted octanol–water partition coefficient (Wildman–Crippen LogP) is 4.79. The van der Waals surface area contributed by atoms with Crippen LogP contribution in [0.25, 0.3) is 10.9 Å². The Bertz CT molecular complexity index is 1070. The maximum atomic E-state index is 12.4. The monoisotopic (exact) mass is 443 g/mol. The Kier molecular flexibility index (Phi) is 5.87. The third kappa shape index (κ3) is 3.97. The molecule has 5 nitrogen and oxygen atoms in total. The van der Waals surface area contributed by atoms with Crippen molar-refractivity contribution in [3.05, 3.63) is 70.3 Å². The summed E-state index contributed by atoms with van der Waals surface area (Å²) in [5.74, 6) is 0.395. The first-order valence-corrected chi connectivity index (χ1v) is 10.7. The summed E-state index contributed by atoms with van der Waals surface area (Å²) in [7, 11) is 0. The second-order valence-electron chi connectivity index (χ2n) is 7.72. The highest BCUT2D eigenvalue weighted by molar-refractivity contribution is 6.35. The van der Waals surface area contributed by atoms with Crippen LogP contribution in [0.4, 0.5) is 0 Å². The van der Waals surface area contributed by atoms with Crippen molar-refractivity contribution in [2.45, 2.75) is 31.4 Å². The number of aromatic nitrogens is 1. The lowest BCUT2D eigenvalue weighted by atomic mass is 9.87. The number of likely N-dealkylation sites (tertiary alicyclic amines) is 1. The van der Waals surface area contributed by atoms with Gasteiger partial charge in [0.2, 0.25) is 5.91 Å². The SMILES string of the molecule is CC(C(N)=O)(c1ccc(Cl)cc1)N1CCC(Oc2ccc3nccc(Cl)c3c2)CC1. The molecule has 1 saturated heterocycles. The van der Waals surface area contributed by atoms with Crippen molar-refractivity contribution in [1.82, 2.24) is 9.88 Å². The summed E-state index contributed by atoms with van der Waals surface area (Å²) in [4.78, 5) is 18.9. The number of carbonyl (C=O) groups excluding carboxylic acids is 1. The number of nitrogens with zero attached hydrogens (tertiary/aromatic N) is 2. The van der Waals surface area contributed by atoms with Crippen LogP contribution < -0.4 is 10.5 Å². The quantitative estimate of drug-likeness (QED) is 0.615. The first kappa shape index (κ1) is 20.9. The van der Waals surface area contributed by atoms with Crippen molar-refractivity contribution in [2.24, 2.45) is 5.73 Å². The molecule has 0 aliphatic carbocycles. The highest BCUT2D eigenvalue weighted by Gasteiger charge is 2.41. The number of primary amides is 1. The van der Waals surface area contributed by atoms with Crippen LogP contribution in [-0.4, -0.2) is 35.0 Å². The fraction of sp³-hybridized carbons (Fsp3) is 0.304. The average Bonchev–Trinajstić information content (AvgIpc) is 2.75. The molecule has 3 aromatic rings. The van der Waals surface area contributed by atoms with E-state index in [2.05, 4.69) is 9.88 Å². The minimum Gasteiger partial charge on any atom is -0.490 e. The van der Waals surface area contributed by atoms with Gasteiger partial charge in [0.05, 0.1) is 10.5 Å². The Hall–Kier alpha value is -2.34. The van der Waals surface area contributed by atoms with E-state index in [0.717, 1.165) is 35.1 Å². The van der Waals surface area contributed by atoms with Gasteiger partial charge in [-0.25, -0.2) is 0 Å². The van der Waals surface area contributed by atoms with Gasteiger partial charge in [0.25, 0.3) is 0 Å². The Morgan fingerprint density at radius 1 is 1.13 bits per heavy atom.